The van der Waals surface area contributed by atoms with Gasteiger partial charge in [0.25, 0.3) is 0 Å². The molecule has 3 rings (SSSR count). The molecule has 2 aromatic rings. The van der Waals surface area contributed by atoms with Gasteiger partial charge in [-0.05, 0) is 18.2 Å². The number of rotatable bonds is 4. The first-order chi connectivity index (χ1) is 10.8. The molecule has 0 atom stereocenters. The topological polar surface area (TPSA) is 32.9 Å². The molecule has 4 nitrogen and oxygen atoms in total. The van der Waals surface area contributed by atoms with E-state index in [1.54, 1.807) is 11.1 Å². The molecule has 0 spiro atoms. The van der Waals surface area contributed by atoms with Crippen molar-refractivity contribution in [1.82, 2.24) is 9.99 Å². The largest absolute Gasteiger partial charge is 0.328 e. The van der Waals surface area contributed by atoms with E-state index in [0.717, 1.165) is 43.4 Å². The van der Waals surface area contributed by atoms with Crippen LogP contribution in [0.3, 0.4) is 0 Å². The molecular formula is C17H20ClN4+. The Labute approximate surface area is 136 Å². The molecule has 0 unspecified atom stereocenters. The lowest BCUT2D eigenvalue weighted by molar-refractivity contribution is -0.918. The molecule has 5 heteroatoms. The molecule has 1 N–H and O–H groups in total. The van der Waals surface area contributed by atoms with E-state index in [9.17, 15) is 0 Å². The van der Waals surface area contributed by atoms with E-state index in [2.05, 4.69) is 21.2 Å². The van der Waals surface area contributed by atoms with Crippen molar-refractivity contribution in [3.8, 4) is 0 Å². The summed E-state index contributed by atoms with van der Waals surface area (Å²) >= 11 is 6.24. The Bertz CT molecular complexity index is 622. The number of benzene rings is 1. The van der Waals surface area contributed by atoms with Crippen molar-refractivity contribution in [1.29, 1.82) is 0 Å². The van der Waals surface area contributed by atoms with Crippen LogP contribution in [-0.2, 0) is 6.54 Å². The number of piperazine rings is 1. The highest BCUT2D eigenvalue weighted by molar-refractivity contribution is 6.31. The van der Waals surface area contributed by atoms with E-state index in [-0.39, 0.29) is 0 Å². The molecule has 1 aliphatic heterocycles. The number of quaternary nitrogens is 1. The summed E-state index contributed by atoms with van der Waals surface area (Å²) in [5, 5.41) is 7.50. The second-order valence-electron chi connectivity index (χ2n) is 5.47. The molecule has 2 heterocycles. The van der Waals surface area contributed by atoms with Crippen molar-refractivity contribution in [2.24, 2.45) is 5.10 Å². The Hall–Kier alpha value is -1.91. The average Bonchev–Trinajstić information content (AvgIpc) is 2.57. The maximum atomic E-state index is 6.24. The third kappa shape index (κ3) is 4.06. The van der Waals surface area contributed by atoms with Gasteiger partial charge in [0.05, 0.1) is 38.1 Å². The van der Waals surface area contributed by atoms with Gasteiger partial charge in [0.1, 0.15) is 6.54 Å². The van der Waals surface area contributed by atoms with E-state index in [1.165, 1.54) is 5.56 Å². The van der Waals surface area contributed by atoms with Gasteiger partial charge in [-0.2, -0.15) is 5.10 Å². The highest BCUT2D eigenvalue weighted by Crippen LogP contribution is 2.13. The first-order valence-corrected chi connectivity index (χ1v) is 7.96. The zero-order valence-electron chi connectivity index (χ0n) is 12.5. The molecule has 0 bridgehead atoms. The summed E-state index contributed by atoms with van der Waals surface area (Å²) in [4.78, 5) is 5.80. The summed E-state index contributed by atoms with van der Waals surface area (Å²) in [6.45, 7) is 5.05. The molecule has 0 aliphatic carbocycles. The lowest BCUT2D eigenvalue weighted by Crippen LogP contribution is -3.13. The summed E-state index contributed by atoms with van der Waals surface area (Å²) in [5.74, 6) is 0. The molecule has 1 fully saturated rings. The monoisotopic (exact) mass is 315 g/mol. The smallest absolute Gasteiger partial charge is 0.104 e. The molecule has 22 heavy (non-hydrogen) atoms. The zero-order chi connectivity index (χ0) is 15.2. The Morgan fingerprint density at radius 3 is 2.64 bits per heavy atom. The van der Waals surface area contributed by atoms with Crippen LogP contribution >= 0.6 is 11.6 Å². The van der Waals surface area contributed by atoms with Crippen LogP contribution < -0.4 is 4.90 Å². The van der Waals surface area contributed by atoms with Crippen LogP contribution in [0.2, 0.25) is 5.02 Å². The molecule has 1 saturated heterocycles. The molecule has 0 amide bonds. The normalized spacial score (nSPS) is 16.3. The highest BCUT2D eigenvalue weighted by atomic mass is 35.5. The highest BCUT2D eigenvalue weighted by Gasteiger charge is 2.19. The Morgan fingerprint density at radius 2 is 1.91 bits per heavy atom. The fraction of sp³-hybridized carbons (Fsp3) is 0.294. The lowest BCUT2D eigenvalue weighted by Gasteiger charge is -2.30. The predicted octanol–water partition coefficient (Wildman–Crippen LogP) is 1.47. The maximum absolute atomic E-state index is 6.24. The SMILES string of the molecule is Clc1ccccc1C[NH+]1CCN(N=Cc2ccccn2)CC1. The van der Waals surface area contributed by atoms with Crippen LogP contribution in [0.5, 0.6) is 0 Å². The van der Waals surface area contributed by atoms with Crippen LogP contribution in [-0.4, -0.2) is 42.4 Å². The predicted molar refractivity (Wildman–Crippen MR) is 89.3 cm³/mol. The van der Waals surface area contributed by atoms with Gasteiger partial charge in [0.2, 0.25) is 0 Å². The van der Waals surface area contributed by atoms with Crippen LogP contribution in [0.25, 0.3) is 0 Å². The van der Waals surface area contributed by atoms with E-state index >= 15 is 0 Å². The third-order valence-electron chi connectivity index (χ3n) is 3.89. The molecule has 0 radical (unpaired) electrons. The fourth-order valence-electron chi connectivity index (χ4n) is 2.61. The minimum atomic E-state index is 0.866. The first-order valence-electron chi connectivity index (χ1n) is 7.58. The molecule has 1 aliphatic rings. The Balaban J connectivity index is 1.50. The van der Waals surface area contributed by atoms with Gasteiger partial charge in [-0.3, -0.25) is 9.99 Å². The second kappa shape index (κ2) is 7.38. The van der Waals surface area contributed by atoms with Crippen LogP contribution in [0, 0.1) is 0 Å². The van der Waals surface area contributed by atoms with Crippen LogP contribution in [0.4, 0.5) is 0 Å². The minimum Gasteiger partial charge on any atom is -0.328 e. The van der Waals surface area contributed by atoms with Gasteiger partial charge >= 0.3 is 0 Å². The summed E-state index contributed by atoms with van der Waals surface area (Å²) in [6.07, 6.45) is 3.62. The van der Waals surface area contributed by atoms with Crippen molar-refractivity contribution in [3.05, 3.63) is 64.9 Å². The quantitative estimate of drug-likeness (QED) is 0.867. The van der Waals surface area contributed by atoms with E-state index in [4.69, 9.17) is 11.6 Å². The van der Waals surface area contributed by atoms with Crippen molar-refractivity contribution < 1.29 is 4.90 Å². The molecular weight excluding hydrogens is 296 g/mol. The van der Waals surface area contributed by atoms with Crippen molar-refractivity contribution in [3.63, 3.8) is 0 Å². The molecule has 1 aromatic carbocycles. The molecule has 114 valence electrons. The number of hydrogen-bond acceptors (Lipinski definition) is 3. The number of hydrazone groups is 1. The summed E-state index contributed by atoms with van der Waals surface area (Å²) < 4.78 is 0. The van der Waals surface area contributed by atoms with Gasteiger partial charge in [-0.25, -0.2) is 0 Å². The zero-order valence-corrected chi connectivity index (χ0v) is 13.2. The number of nitrogens with one attached hydrogen (secondary N) is 1. The maximum Gasteiger partial charge on any atom is 0.104 e. The Kier molecular flexibility index (Phi) is 5.03. The fourth-order valence-corrected chi connectivity index (χ4v) is 2.81. The summed E-state index contributed by atoms with van der Waals surface area (Å²) in [6, 6.07) is 13.9. The standard InChI is InChI=1S/C17H19ClN4/c18-17-7-2-1-5-15(17)14-21-9-11-22(12-10-21)20-13-16-6-3-4-8-19-16/h1-8,13H,9-12,14H2/p+1. The van der Waals surface area contributed by atoms with Gasteiger partial charge < -0.3 is 4.90 Å². The second-order valence-corrected chi connectivity index (χ2v) is 5.88. The summed E-state index contributed by atoms with van der Waals surface area (Å²) in [7, 11) is 0. The minimum absolute atomic E-state index is 0.866. The van der Waals surface area contributed by atoms with Gasteiger partial charge in [0, 0.05) is 16.8 Å². The van der Waals surface area contributed by atoms with Crippen LogP contribution in [0.1, 0.15) is 11.3 Å². The van der Waals surface area contributed by atoms with E-state index < -0.39 is 0 Å². The average molecular weight is 316 g/mol. The van der Waals surface area contributed by atoms with Crippen molar-refractivity contribution >= 4 is 17.8 Å². The number of halogens is 1. The number of pyridine rings is 1. The van der Waals surface area contributed by atoms with Crippen LogP contribution in [0.15, 0.2) is 53.8 Å². The molecule has 1 aromatic heterocycles. The first kappa shape index (κ1) is 15.0. The Morgan fingerprint density at radius 1 is 1.14 bits per heavy atom. The summed E-state index contributed by atoms with van der Waals surface area (Å²) in [5.41, 5.74) is 2.12. The molecule has 0 saturated carbocycles. The van der Waals surface area contributed by atoms with E-state index in [1.807, 2.05) is 42.6 Å². The van der Waals surface area contributed by atoms with E-state index in [0.29, 0.717) is 0 Å². The third-order valence-corrected chi connectivity index (χ3v) is 4.26. The van der Waals surface area contributed by atoms with Gasteiger partial charge in [-0.15, -0.1) is 0 Å². The van der Waals surface area contributed by atoms with Crippen molar-refractivity contribution in [2.75, 3.05) is 26.2 Å². The van der Waals surface area contributed by atoms with Gasteiger partial charge in [0.15, 0.2) is 0 Å². The number of hydrogen-bond donors (Lipinski definition) is 1. The van der Waals surface area contributed by atoms with Gasteiger partial charge in [-0.1, -0.05) is 35.9 Å². The lowest BCUT2D eigenvalue weighted by atomic mass is 10.2. The number of nitrogens with zero attached hydrogens (tertiary/aromatic N) is 3. The van der Waals surface area contributed by atoms with Crippen molar-refractivity contribution in [2.45, 2.75) is 6.54 Å². The number of aromatic nitrogens is 1.